The van der Waals surface area contributed by atoms with Crippen molar-refractivity contribution in [3.8, 4) is 0 Å². The number of esters is 2. The van der Waals surface area contributed by atoms with E-state index in [4.69, 9.17) is 5.73 Å². The first-order valence-corrected chi connectivity index (χ1v) is 4.67. The number of hydrogen-bond acceptors (Lipinski definition) is 7. The van der Waals surface area contributed by atoms with Gasteiger partial charge in [0.05, 0.1) is 36.0 Å². The topological polar surface area (TPSA) is 122 Å². The molecule has 0 aromatic heterocycles. The number of ether oxygens (including phenoxy) is 2. The SMILES string of the molecule is COC(=O)c1cc([N+](=O)[O-])cc(C(=O)OC)c1N. The number of methoxy groups -OCH3 is 2. The molecule has 0 spiro atoms. The van der Waals surface area contributed by atoms with Gasteiger partial charge >= 0.3 is 11.9 Å². The van der Waals surface area contributed by atoms with Gasteiger partial charge in [-0.3, -0.25) is 10.1 Å². The first-order valence-electron chi connectivity index (χ1n) is 4.67. The van der Waals surface area contributed by atoms with E-state index in [1.54, 1.807) is 0 Å². The molecule has 0 bridgehead atoms. The van der Waals surface area contributed by atoms with Crippen molar-refractivity contribution < 1.29 is 24.0 Å². The molecule has 8 heteroatoms. The van der Waals surface area contributed by atoms with Crippen molar-refractivity contribution in [2.75, 3.05) is 20.0 Å². The van der Waals surface area contributed by atoms with Gasteiger partial charge in [0.15, 0.2) is 0 Å². The van der Waals surface area contributed by atoms with E-state index in [0.29, 0.717) is 0 Å². The Kier molecular flexibility index (Phi) is 3.82. The number of hydrogen-bond donors (Lipinski definition) is 1. The summed E-state index contributed by atoms with van der Waals surface area (Å²) in [6.07, 6.45) is 0. The lowest BCUT2D eigenvalue weighted by Gasteiger charge is -2.08. The molecule has 0 radical (unpaired) electrons. The smallest absolute Gasteiger partial charge is 0.340 e. The second-order valence-corrected chi connectivity index (χ2v) is 3.19. The van der Waals surface area contributed by atoms with Gasteiger partial charge in [0.25, 0.3) is 5.69 Å². The summed E-state index contributed by atoms with van der Waals surface area (Å²) in [4.78, 5) is 32.7. The molecule has 0 amide bonds. The lowest BCUT2D eigenvalue weighted by molar-refractivity contribution is -0.384. The maximum Gasteiger partial charge on any atom is 0.340 e. The lowest BCUT2D eigenvalue weighted by atomic mass is 10.1. The van der Waals surface area contributed by atoms with Crippen LogP contribution in [0.4, 0.5) is 11.4 Å². The monoisotopic (exact) mass is 254 g/mol. The Labute approximate surface area is 101 Å². The number of rotatable bonds is 3. The number of nitrogen functional groups attached to an aromatic ring is 1. The summed E-state index contributed by atoms with van der Waals surface area (Å²) < 4.78 is 8.85. The Morgan fingerprint density at radius 2 is 1.56 bits per heavy atom. The van der Waals surface area contributed by atoms with Crippen LogP contribution >= 0.6 is 0 Å². The fourth-order valence-corrected chi connectivity index (χ4v) is 1.30. The molecule has 1 aromatic rings. The summed E-state index contributed by atoms with van der Waals surface area (Å²) in [5.74, 6) is -1.75. The summed E-state index contributed by atoms with van der Waals surface area (Å²) in [6.45, 7) is 0. The lowest BCUT2D eigenvalue weighted by Crippen LogP contribution is -2.13. The molecule has 8 nitrogen and oxygen atoms in total. The summed E-state index contributed by atoms with van der Waals surface area (Å²) in [5.41, 5.74) is 4.39. The number of carbonyl (C=O) groups excluding carboxylic acids is 2. The number of nitro benzene ring substituents is 1. The number of anilines is 1. The Morgan fingerprint density at radius 3 is 1.83 bits per heavy atom. The minimum atomic E-state index is -0.874. The predicted molar refractivity (Wildman–Crippen MR) is 60.2 cm³/mol. The molecule has 1 rings (SSSR count). The molecule has 96 valence electrons. The third-order valence-electron chi connectivity index (χ3n) is 2.19. The molecule has 0 aliphatic carbocycles. The van der Waals surface area contributed by atoms with Crippen molar-refractivity contribution >= 4 is 23.3 Å². The predicted octanol–water partition coefficient (Wildman–Crippen LogP) is 0.750. The van der Waals surface area contributed by atoms with E-state index in [1.165, 1.54) is 0 Å². The van der Waals surface area contributed by atoms with E-state index in [1.807, 2.05) is 0 Å². The van der Waals surface area contributed by atoms with Crippen LogP contribution in [0.15, 0.2) is 12.1 Å². The van der Waals surface area contributed by atoms with Crippen LogP contribution in [0.5, 0.6) is 0 Å². The maximum atomic E-state index is 11.4. The van der Waals surface area contributed by atoms with E-state index in [9.17, 15) is 19.7 Å². The van der Waals surface area contributed by atoms with Crippen molar-refractivity contribution in [1.29, 1.82) is 0 Å². The van der Waals surface area contributed by atoms with Crippen molar-refractivity contribution in [2.45, 2.75) is 0 Å². The molecule has 0 heterocycles. The van der Waals surface area contributed by atoms with Crippen molar-refractivity contribution in [1.82, 2.24) is 0 Å². The number of nitrogens with two attached hydrogens (primary N) is 1. The number of nitrogens with zero attached hydrogens (tertiary/aromatic N) is 1. The number of benzene rings is 1. The van der Waals surface area contributed by atoms with Crippen molar-refractivity contribution in [2.24, 2.45) is 0 Å². The first kappa shape index (κ1) is 13.4. The van der Waals surface area contributed by atoms with Crippen LogP contribution in [-0.4, -0.2) is 31.1 Å². The standard InChI is InChI=1S/C10H10N2O6/c1-17-9(13)6-3-5(12(15)16)4-7(8(6)11)10(14)18-2/h3-4H,11H2,1-2H3. The maximum absolute atomic E-state index is 11.4. The Balaban J connectivity index is 3.52. The highest BCUT2D eigenvalue weighted by Crippen LogP contribution is 2.26. The quantitative estimate of drug-likeness (QED) is 0.365. The molecule has 0 saturated heterocycles. The van der Waals surface area contributed by atoms with Crippen LogP contribution in [0.25, 0.3) is 0 Å². The molecular formula is C10H10N2O6. The van der Waals surface area contributed by atoms with E-state index < -0.39 is 22.5 Å². The van der Waals surface area contributed by atoms with Crippen LogP contribution in [0.2, 0.25) is 0 Å². The second-order valence-electron chi connectivity index (χ2n) is 3.19. The third kappa shape index (κ3) is 2.37. The highest BCUT2D eigenvalue weighted by molar-refractivity contribution is 6.04. The molecule has 0 aliphatic rings. The van der Waals surface area contributed by atoms with Crippen LogP contribution in [0, 0.1) is 10.1 Å². The van der Waals surface area contributed by atoms with Gasteiger partial charge in [-0.2, -0.15) is 0 Å². The van der Waals surface area contributed by atoms with Gasteiger partial charge in [0.2, 0.25) is 0 Å². The summed E-state index contributed by atoms with van der Waals surface area (Å²) in [6, 6.07) is 1.88. The second kappa shape index (κ2) is 5.13. The van der Waals surface area contributed by atoms with Gasteiger partial charge in [0, 0.05) is 12.1 Å². The van der Waals surface area contributed by atoms with Crippen LogP contribution in [0.1, 0.15) is 20.7 Å². The fraction of sp³-hybridized carbons (Fsp3) is 0.200. The molecule has 0 atom stereocenters. The molecule has 1 aromatic carbocycles. The Bertz CT molecular complexity index is 488. The van der Waals surface area contributed by atoms with Crippen molar-refractivity contribution in [3.63, 3.8) is 0 Å². The normalized spacial score (nSPS) is 9.67. The molecular weight excluding hydrogens is 244 g/mol. The molecule has 0 saturated carbocycles. The van der Waals surface area contributed by atoms with E-state index in [0.717, 1.165) is 26.4 Å². The van der Waals surface area contributed by atoms with E-state index in [-0.39, 0.29) is 16.8 Å². The third-order valence-corrected chi connectivity index (χ3v) is 2.19. The summed E-state index contributed by atoms with van der Waals surface area (Å²) in [5, 5.41) is 10.7. The minimum absolute atomic E-state index is 0.223. The number of nitro groups is 1. The largest absolute Gasteiger partial charge is 0.465 e. The Morgan fingerprint density at radius 1 is 1.17 bits per heavy atom. The molecule has 0 unspecified atom stereocenters. The van der Waals surface area contributed by atoms with Gasteiger partial charge in [-0.15, -0.1) is 0 Å². The zero-order chi connectivity index (χ0) is 13.9. The first-order chi connectivity index (χ1) is 8.42. The average molecular weight is 254 g/mol. The van der Waals surface area contributed by atoms with E-state index in [2.05, 4.69) is 9.47 Å². The molecule has 0 fully saturated rings. The van der Waals surface area contributed by atoms with Crippen LogP contribution in [0.3, 0.4) is 0 Å². The van der Waals surface area contributed by atoms with Crippen molar-refractivity contribution in [3.05, 3.63) is 33.4 Å². The van der Waals surface area contributed by atoms with Gasteiger partial charge in [0.1, 0.15) is 0 Å². The zero-order valence-electron chi connectivity index (χ0n) is 9.63. The van der Waals surface area contributed by atoms with Gasteiger partial charge in [-0.05, 0) is 0 Å². The number of non-ortho nitro benzene ring substituents is 1. The van der Waals surface area contributed by atoms with Crippen LogP contribution in [-0.2, 0) is 9.47 Å². The molecule has 0 aliphatic heterocycles. The average Bonchev–Trinajstić information content (AvgIpc) is 2.36. The zero-order valence-corrected chi connectivity index (χ0v) is 9.63. The molecule has 18 heavy (non-hydrogen) atoms. The van der Waals surface area contributed by atoms with Gasteiger partial charge < -0.3 is 15.2 Å². The highest BCUT2D eigenvalue weighted by atomic mass is 16.6. The minimum Gasteiger partial charge on any atom is -0.465 e. The number of carbonyl (C=O) groups is 2. The summed E-state index contributed by atoms with van der Waals surface area (Å²) >= 11 is 0. The highest BCUT2D eigenvalue weighted by Gasteiger charge is 2.23. The summed E-state index contributed by atoms with van der Waals surface area (Å²) in [7, 11) is 2.19. The van der Waals surface area contributed by atoms with Gasteiger partial charge in [-0.1, -0.05) is 0 Å². The fourth-order valence-electron chi connectivity index (χ4n) is 1.30. The molecule has 2 N–H and O–H groups in total. The Hall–Kier alpha value is -2.64. The van der Waals surface area contributed by atoms with Crippen LogP contribution < -0.4 is 5.73 Å². The van der Waals surface area contributed by atoms with E-state index >= 15 is 0 Å². The van der Waals surface area contributed by atoms with Gasteiger partial charge in [-0.25, -0.2) is 9.59 Å².